The number of aryl methyl sites for hydroxylation is 2. The molecule has 2 aromatic rings. The maximum atomic E-state index is 5.69. The van der Waals surface area contributed by atoms with Crippen LogP contribution >= 0.6 is 0 Å². The Morgan fingerprint density at radius 2 is 0.878 bits per heavy atom. The fourth-order valence-electron chi connectivity index (χ4n) is 5.98. The second-order valence-corrected chi connectivity index (χ2v) is 12.1. The number of nitrogens with zero attached hydrogens (tertiary/aromatic N) is 3. The van der Waals surface area contributed by atoms with Gasteiger partial charge in [0.1, 0.15) is 11.5 Å². The Bertz CT molecular complexity index is 930. The van der Waals surface area contributed by atoms with Crippen molar-refractivity contribution in [3.8, 4) is 11.5 Å². The number of aromatic nitrogens is 2. The summed E-state index contributed by atoms with van der Waals surface area (Å²) in [5.41, 5.74) is 6.60. The summed E-state index contributed by atoms with van der Waals surface area (Å²) < 4.78 is 11.4. The molecule has 0 amide bonds. The molecular formula is C36H61N3O2. The van der Waals surface area contributed by atoms with Crippen LogP contribution in [0, 0.1) is 27.7 Å². The van der Waals surface area contributed by atoms with Crippen molar-refractivity contribution in [1.29, 1.82) is 0 Å². The van der Waals surface area contributed by atoms with Crippen LogP contribution in [0.25, 0.3) is 0 Å². The van der Waals surface area contributed by atoms with Crippen molar-refractivity contribution in [3.05, 3.63) is 46.0 Å². The summed E-state index contributed by atoms with van der Waals surface area (Å²) in [5, 5.41) is 0. The van der Waals surface area contributed by atoms with Gasteiger partial charge in [-0.15, -0.1) is 0 Å². The fourth-order valence-corrected chi connectivity index (χ4v) is 5.98. The lowest BCUT2D eigenvalue weighted by Gasteiger charge is -2.24. The van der Waals surface area contributed by atoms with E-state index in [0.29, 0.717) is 0 Å². The fraction of sp³-hybridized carbons (Fsp3) is 0.722. The van der Waals surface area contributed by atoms with Crippen molar-refractivity contribution in [2.75, 3.05) is 20.8 Å². The minimum atomic E-state index is 0.790. The van der Waals surface area contributed by atoms with Crippen LogP contribution in [0.3, 0.4) is 0 Å². The molecule has 0 aliphatic heterocycles. The van der Waals surface area contributed by atoms with Gasteiger partial charge in [0.15, 0.2) is 0 Å². The van der Waals surface area contributed by atoms with Gasteiger partial charge in [0.2, 0.25) is 0 Å². The van der Waals surface area contributed by atoms with Crippen molar-refractivity contribution in [2.45, 2.75) is 150 Å². The standard InChI is InChI=1S/C36H61N3O2/c1-8-9-10-11-12-13-14-15-16-17-18-19-20-21-22-23-24-39(27-33-31(4)35(40-6)29(2)25-37-33)28-34-32(5)36(41-7)30(3)26-38-34/h25-26H,8-24,27-28H2,1-7H3. The number of hydrogen-bond donors (Lipinski definition) is 0. The van der Waals surface area contributed by atoms with E-state index in [1.807, 2.05) is 12.4 Å². The third-order valence-electron chi connectivity index (χ3n) is 8.57. The highest BCUT2D eigenvalue weighted by molar-refractivity contribution is 5.42. The highest BCUT2D eigenvalue weighted by Gasteiger charge is 2.17. The van der Waals surface area contributed by atoms with Crippen LogP contribution in [0.2, 0.25) is 0 Å². The molecule has 0 saturated heterocycles. The number of hydrogen-bond acceptors (Lipinski definition) is 5. The van der Waals surface area contributed by atoms with Crippen LogP contribution in [-0.2, 0) is 13.1 Å². The van der Waals surface area contributed by atoms with E-state index in [1.54, 1.807) is 14.2 Å². The maximum absolute atomic E-state index is 5.69. The Morgan fingerprint density at radius 3 is 1.22 bits per heavy atom. The molecule has 41 heavy (non-hydrogen) atoms. The molecule has 0 bridgehead atoms. The van der Waals surface area contributed by atoms with Crippen molar-refractivity contribution in [1.82, 2.24) is 14.9 Å². The number of unbranched alkanes of at least 4 members (excludes halogenated alkanes) is 15. The molecule has 0 N–H and O–H groups in total. The van der Waals surface area contributed by atoms with Crippen molar-refractivity contribution >= 4 is 0 Å². The van der Waals surface area contributed by atoms with E-state index in [2.05, 4.69) is 39.5 Å². The van der Waals surface area contributed by atoms with E-state index >= 15 is 0 Å². The van der Waals surface area contributed by atoms with Crippen LogP contribution in [0.5, 0.6) is 11.5 Å². The van der Waals surface area contributed by atoms with Gasteiger partial charge in [-0.3, -0.25) is 14.9 Å². The molecule has 0 spiro atoms. The molecule has 0 fully saturated rings. The number of rotatable bonds is 23. The zero-order valence-electron chi connectivity index (χ0n) is 27.7. The molecule has 0 saturated carbocycles. The third kappa shape index (κ3) is 12.7. The summed E-state index contributed by atoms with van der Waals surface area (Å²) in [7, 11) is 3.50. The summed E-state index contributed by atoms with van der Waals surface area (Å²) in [4.78, 5) is 12.1. The van der Waals surface area contributed by atoms with Gasteiger partial charge in [0.05, 0.1) is 25.6 Å². The zero-order valence-corrected chi connectivity index (χ0v) is 27.7. The van der Waals surface area contributed by atoms with Gasteiger partial charge in [-0.2, -0.15) is 0 Å². The highest BCUT2D eigenvalue weighted by atomic mass is 16.5. The Hall–Kier alpha value is -2.14. The van der Waals surface area contributed by atoms with Crippen LogP contribution in [0.4, 0.5) is 0 Å². The van der Waals surface area contributed by atoms with Crippen LogP contribution < -0.4 is 9.47 Å². The largest absolute Gasteiger partial charge is 0.496 e. The first-order valence-electron chi connectivity index (χ1n) is 16.6. The molecular weight excluding hydrogens is 506 g/mol. The Morgan fingerprint density at radius 1 is 0.537 bits per heavy atom. The SMILES string of the molecule is CCCCCCCCCCCCCCCCCCN(Cc1ncc(C)c(OC)c1C)Cc1ncc(C)c(OC)c1C. The highest BCUT2D eigenvalue weighted by Crippen LogP contribution is 2.28. The van der Waals surface area contributed by atoms with Gasteiger partial charge in [-0.25, -0.2) is 0 Å². The Kier molecular flexibility index (Phi) is 17.7. The monoisotopic (exact) mass is 567 g/mol. The van der Waals surface area contributed by atoms with Gasteiger partial charge in [0, 0.05) is 47.7 Å². The molecule has 0 aliphatic carbocycles. The van der Waals surface area contributed by atoms with Crippen molar-refractivity contribution in [3.63, 3.8) is 0 Å². The summed E-state index contributed by atoms with van der Waals surface area (Å²) in [6, 6.07) is 0. The van der Waals surface area contributed by atoms with E-state index < -0.39 is 0 Å². The molecule has 2 aromatic heterocycles. The summed E-state index contributed by atoms with van der Waals surface area (Å²) in [6.07, 6.45) is 26.1. The van der Waals surface area contributed by atoms with E-state index in [0.717, 1.165) is 64.8 Å². The lowest BCUT2D eigenvalue weighted by Crippen LogP contribution is -2.26. The Balaban J connectivity index is 1.77. The second kappa shape index (κ2) is 20.7. The molecule has 0 aromatic carbocycles. The first-order valence-corrected chi connectivity index (χ1v) is 16.6. The zero-order chi connectivity index (χ0) is 29.9. The van der Waals surface area contributed by atoms with Crippen molar-refractivity contribution < 1.29 is 9.47 Å². The number of methoxy groups -OCH3 is 2. The Labute approximate surface area is 252 Å². The molecule has 0 atom stereocenters. The minimum absolute atomic E-state index is 0.790. The lowest BCUT2D eigenvalue weighted by atomic mass is 10.0. The predicted molar refractivity (Wildman–Crippen MR) is 174 cm³/mol. The molecule has 0 unspecified atom stereocenters. The maximum Gasteiger partial charge on any atom is 0.128 e. The van der Waals surface area contributed by atoms with Crippen molar-refractivity contribution in [2.24, 2.45) is 0 Å². The van der Waals surface area contributed by atoms with Gasteiger partial charge < -0.3 is 9.47 Å². The van der Waals surface area contributed by atoms with E-state index in [1.165, 1.54) is 103 Å². The quantitative estimate of drug-likeness (QED) is 0.125. The van der Waals surface area contributed by atoms with E-state index in [4.69, 9.17) is 19.4 Å². The summed E-state index contributed by atoms with van der Waals surface area (Å²) >= 11 is 0. The summed E-state index contributed by atoms with van der Waals surface area (Å²) in [6.45, 7) is 13.3. The normalized spacial score (nSPS) is 11.4. The van der Waals surface area contributed by atoms with Gasteiger partial charge >= 0.3 is 0 Å². The average molecular weight is 568 g/mol. The molecule has 2 heterocycles. The summed E-state index contributed by atoms with van der Waals surface area (Å²) in [5.74, 6) is 1.90. The second-order valence-electron chi connectivity index (χ2n) is 12.1. The lowest BCUT2D eigenvalue weighted by molar-refractivity contribution is 0.242. The molecule has 5 heteroatoms. The van der Waals surface area contributed by atoms with Gasteiger partial charge in [-0.05, 0) is 40.7 Å². The molecule has 0 aliphatic rings. The number of ether oxygens (including phenoxy) is 2. The first kappa shape index (κ1) is 35.1. The first-order chi connectivity index (χ1) is 19.9. The topological polar surface area (TPSA) is 47.5 Å². The smallest absolute Gasteiger partial charge is 0.128 e. The van der Waals surface area contributed by atoms with Crippen LogP contribution in [0.1, 0.15) is 143 Å². The van der Waals surface area contributed by atoms with Crippen LogP contribution in [0.15, 0.2) is 12.4 Å². The van der Waals surface area contributed by atoms with E-state index in [-0.39, 0.29) is 0 Å². The molecule has 232 valence electrons. The third-order valence-corrected chi connectivity index (χ3v) is 8.57. The minimum Gasteiger partial charge on any atom is -0.496 e. The number of pyridine rings is 2. The van der Waals surface area contributed by atoms with Gasteiger partial charge in [0.25, 0.3) is 0 Å². The predicted octanol–water partition coefficient (Wildman–Crippen LogP) is 9.99. The average Bonchev–Trinajstić information content (AvgIpc) is 2.96. The molecule has 5 nitrogen and oxygen atoms in total. The molecule has 0 radical (unpaired) electrons. The van der Waals surface area contributed by atoms with Gasteiger partial charge in [-0.1, -0.05) is 103 Å². The van der Waals surface area contributed by atoms with Crippen LogP contribution in [-0.4, -0.2) is 35.6 Å². The van der Waals surface area contributed by atoms with E-state index in [9.17, 15) is 0 Å². The molecule has 2 rings (SSSR count).